The van der Waals surface area contributed by atoms with Gasteiger partial charge in [-0.3, -0.25) is 4.98 Å². The lowest BCUT2D eigenvalue weighted by molar-refractivity contribution is 0.0315. The summed E-state index contributed by atoms with van der Waals surface area (Å²) in [5.74, 6) is -0.0301. The van der Waals surface area contributed by atoms with E-state index >= 15 is 4.39 Å². The minimum Gasteiger partial charge on any atom is -0.460 e. The molecule has 0 spiro atoms. The van der Waals surface area contributed by atoms with Crippen LogP contribution >= 0.6 is 0 Å². The van der Waals surface area contributed by atoms with Crippen LogP contribution in [0.4, 0.5) is 10.1 Å². The lowest BCUT2D eigenvalue weighted by Crippen LogP contribution is -2.28. The molecule has 30 heavy (non-hydrogen) atoms. The zero-order chi connectivity index (χ0) is 20.8. The summed E-state index contributed by atoms with van der Waals surface area (Å²) in [4.78, 5) is 11.1. The number of ether oxygens (including phenoxy) is 1. The van der Waals surface area contributed by atoms with Gasteiger partial charge in [-0.25, -0.2) is 9.37 Å². The van der Waals surface area contributed by atoms with Gasteiger partial charge in [0.05, 0.1) is 22.6 Å². The second kappa shape index (κ2) is 7.37. The number of benzene rings is 1. The van der Waals surface area contributed by atoms with Crippen molar-refractivity contribution in [3.63, 3.8) is 0 Å². The highest BCUT2D eigenvalue weighted by molar-refractivity contribution is 5.86. The zero-order valence-electron chi connectivity index (χ0n) is 17.0. The van der Waals surface area contributed by atoms with Crippen molar-refractivity contribution in [2.45, 2.75) is 26.6 Å². The molecular formula is C22H24FN5O2. The van der Waals surface area contributed by atoms with E-state index in [-0.39, 0.29) is 5.82 Å². The highest BCUT2D eigenvalue weighted by Crippen LogP contribution is 2.38. The maximum Gasteiger partial charge on any atom is 0.226 e. The summed E-state index contributed by atoms with van der Waals surface area (Å²) >= 11 is 0. The van der Waals surface area contributed by atoms with Crippen LogP contribution in [0.1, 0.15) is 29.1 Å². The average molecular weight is 409 g/mol. The summed E-state index contributed by atoms with van der Waals surface area (Å²) in [6.07, 6.45) is 5.07. The lowest BCUT2D eigenvalue weighted by Gasteiger charge is -2.27. The Morgan fingerprint density at radius 1 is 1.17 bits per heavy atom. The number of imidazole rings is 1. The number of aromatic nitrogens is 3. The molecule has 1 aromatic carbocycles. The van der Waals surface area contributed by atoms with Gasteiger partial charge < -0.3 is 24.5 Å². The molecule has 0 radical (unpaired) electrons. The van der Waals surface area contributed by atoms with Crippen molar-refractivity contribution in [1.29, 1.82) is 0 Å². The number of hydrogen-bond acceptors (Lipinski definition) is 6. The van der Waals surface area contributed by atoms with Gasteiger partial charge in [0.1, 0.15) is 11.6 Å². The number of aliphatic hydroxyl groups excluding tert-OH is 1. The Balaban J connectivity index is 1.54. The van der Waals surface area contributed by atoms with Crippen molar-refractivity contribution < 1.29 is 14.2 Å². The molecule has 0 bridgehead atoms. The molecule has 4 heterocycles. The normalized spacial score (nSPS) is 19.3. The van der Waals surface area contributed by atoms with Gasteiger partial charge >= 0.3 is 0 Å². The molecule has 1 saturated heterocycles. The van der Waals surface area contributed by atoms with Gasteiger partial charge in [-0.15, -0.1) is 0 Å². The molecule has 156 valence electrons. The van der Waals surface area contributed by atoms with E-state index < -0.39 is 6.29 Å². The summed E-state index contributed by atoms with van der Waals surface area (Å²) < 4.78 is 22.6. The van der Waals surface area contributed by atoms with Gasteiger partial charge in [0, 0.05) is 49.4 Å². The van der Waals surface area contributed by atoms with Crippen LogP contribution in [0, 0.1) is 19.7 Å². The van der Waals surface area contributed by atoms with Crippen molar-refractivity contribution in [3.8, 4) is 5.75 Å². The van der Waals surface area contributed by atoms with Crippen LogP contribution in [-0.4, -0.2) is 51.9 Å². The Labute approximate surface area is 173 Å². The molecule has 3 aromatic rings. The second-order valence-corrected chi connectivity index (χ2v) is 7.82. The Morgan fingerprint density at radius 2 is 2.03 bits per heavy atom. The van der Waals surface area contributed by atoms with Crippen LogP contribution in [0.2, 0.25) is 0 Å². The third-order valence-corrected chi connectivity index (χ3v) is 5.61. The van der Waals surface area contributed by atoms with E-state index in [0.29, 0.717) is 28.2 Å². The SMILES string of the molecule is Cc1cn2cc(C3=Cc4c(F)cc(N5CCCNCC5)cc4OC3O)nc2c(C)n1. The quantitative estimate of drug-likeness (QED) is 0.678. The third-order valence-electron chi connectivity index (χ3n) is 5.61. The first-order valence-corrected chi connectivity index (χ1v) is 10.2. The summed E-state index contributed by atoms with van der Waals surface area (Å²) in [7, 11) is 0. The fourth-order valence-corrected chi connectivity index (χ4v) is 4.16. The minimum atomic E-state index is -1.22. The molecule has 8 heteroatoms. The van der Waals surface area contributed by atoms with Gasteiger partial charge in [-0.2, -0.15) is 0 Å². The maximum absolute atomic E-state index is 15.0. The fraction of sp³-hybridized carbons (Fsp3) is 0.364. The van der Waals surface area contributed by atoms with Gasteiger partial charge in [-0.1, -0.05) is 0 Å². The van der Waals surface area contributed by atoms with Crippen LogP contribution in [0.5, 0.6) is 5.75 Å². The Kier molecular flexibility index (Phi) is 4.67. The predicted octanol–water partition coefficient (Wildman–Crippen LogP) is 2.54. The van der Waals surface area contributed by atoms with E-state index in [1.807, 2.05) is 24.4 Å². The monoisotopic (exact) mass is 409 g/mol. The van der Waals surface area contributed by atoms with E-state index in [2.05, 4.69) is 20.2 Å². The van der Waals surface area contributed by atoms with E-state index in [9.17, 15) is 5.11 Å². The number of halogens is 1. The molecule has 0 saturated carbocycles. The van der Waals surface area contributed by atoms with Crippen molar-refractivity contribution >= 4 is 23.0 Å². The zero-order valence-corrected chi connectivity index (χ0v) is 17.0. The first-order chi connectivity index (χ1) is 14.5. The van der Waals surface area contributed by atoms with Crippen LogP contribution < -0.4 is 15.0 Å². The topological polar surface area (TPSA) is 74.9 Å². The number of rotatable bonds is 2. The molecule has 2 N–H and O–H groups in total. The van der Waals surface area contributed by atoms with E-state index in [1.165, 1.54) is 0 Å². The van der Waals surface area contributed by atoms with Crippen LogP contribution in [0.15, 0.2) is 24.5 Å². The Morgan fingerprint density at radius 3 is 2.90 bits per heavy atom. The average Bonchev–Trinajstić information content (AvgIpc) is 2.94. The molecule has 2 aliphatic rings. The molecule has 2 aromatic heterocycles. The molecule has 5 rings (SSSR count). The number of fused-ring (bicyclic) bond motifs is 2. The lowest BCUT2D eigenvalue weighted by atomic mass is 10.0. The first kappa shape index (κ1) is 19.0. The van der Waals surface area contributed by atoms with Gasteiger partial charge in [0.2, 0.25) is 6.29 Å². The van der Waals surface area contributed by atoms with Gasteiger partial charge in [-0.05, 0) is 39.0 Å². The van der Waals surface area contributed by atoms with Crippen LogP contribution in [0.3, 0.4) is 0 Å². The summed E-state index contributed by atoms with van der Waals surface area (Å²) in [5.41, 5.74) is 4.40. The number of anilines is 1. The third kappa shape index (κ3) is 3.32. The Bertz CT molecular complexity index is 1150. The molecule has 2 aliphatic heterocycles. The largest absolute Gasteiger partial charge is 0.460 e. The van der Waals surface area contributed by atoms with E-state index in [1.54, 1.807) is 24.4 Å². The summed E-state index contributed by atoms with van der Waals surface area (Å²) in [6.45, 7) is 7.26. The summed E-state index contributed by atoms with van der Waals surface area (Å²) in [6, 6.07) is 3.35. The number of aliphatic hydroxyl groups is 1. The van der Waals surface area contributed by atoms with Gasteiger partial charge in [0.15, 0.2) is 5.65 Å². The molecule has 0 amide bonds. The predicted molar refractivity (Wildman–Crippen MR) is 113 cm³/mol. The number of nitrogens with zero attached hydrogens (tertiary/aromatic N) is 4. The number of nitrogens with one attached hydrogen (secondary N) is 1. The highest BCUT2D eigenvalue weighted by Gasteiger charge is 2.27. The Hall–Kier alpha value is -2.97. The highest BCUT2D eigenvalue weighted by atomic mass is 19.1. The molecular weight excluding hydrogens is 385 g/mol. The molecule has 0 aliphatic carbocycles. The smallest absolute Gasteiger partial charge is 0.226 e. The number of hydrogen-bond donors (Lipinski definition) is 2. The van der Waals surface area contributed by atoms with E-state index in [0.717, 1.165) is 49.7 Å². The minimum absolute atomic E-state index is 0.329. The standard InChI is InChI=1S/C22H24FN5O2/c1-13-11-28-12-19(26-21(28)14(2)25-13)17-10-16-18(23)8-15(9-20(16)30-22(17)29)27-6-3-4-24-5-7-27/h8-12,22,24,29H,3-7H2,1-2H3. The van der Waals surface area contributed by atoms with Crippen molar-refractivity contribution in [2.75, 3.05) is 31.1 Å². The van der Waals surface area contributed by atoms with Gasteiger partial charge in [0.25, 0.3) is 0 Å². The fourth-order valence-electron chi connectivity index (χ4n) is 4.16. The molecule has 1 fully saturated rings. The molecule has 7 nitrogen and oxygen atoms in total. The second-order valence-electron chi connectivity index (χ2n) is 7.82. The van der Waals surface area contributed by atoms with Crippen LogP contribution in [0.25, 0.3) is 17.3 Å². The maximum atomic E-state index is 15.0. The molecule has 1 atom stereocenters. The van der Waals surface area contributed by atoms with Crippen molar-refractivity contribution in [3.05, 3.63) is 53.0 Å². The molecule has 1 unspecified atom stereocenters. The summed E-state index contributed by atoms with van der Waals surface area (Å²) in [5, 5.41) is 14.0. The first-order valence-electron chi connectivity index (χ1n) is 10.2. The van der Waals surface area contributed by atoms with Crippen LogP contribution in [-0.2, 0) is 0 Å². The van der Waals surface area contributed by atoms with Crippen molar-refractivity contribution in [2.24, 2.45) is 0 Å². The van der Waals surface area contributed by atoms with Crippen molar-refractivity contribution in [1.82, 2.24) is 19.7 Å². The number of aryl methyl sites for hydroxylation is 2. The van der Waals surface area contributed by atoms with E-state index in [4.69, 9.17) is 4.74 Å².